The highest BCUT2D eigenvalue weighted by Crippen LogP contribution is 2.26. The number of nitro benzene ring substituents is 1. The molecular formula is C15H15N3O3. The molecule has 0 aliphatic carbocycles. The molecular weight excluding hydrogens is 270 g/mol. The molecule has 1 saturated heterocycles. The monoisotopic (exact) mass is 285 g/mol. The van der Waals surface area contributed by atoms with Crippen LogP contribution in [0.1, 0.15) is 31.2 Å². The fourth-order valence-electron chi connectivity index (χ4n) is 2.67. The van der Waals surface area contributed by atoms with Crippen molar-refractivity contribution in [2.24, 2.45) is 4.99 Å². The van der Waals surface area contributed by atoms with Gasteiger partial charge in [-0.3, -0.25) is 19.8 Å². The number of fused-ring (bicyclic) bond motifs is 1. The molecule has 2 aliphatic heterocycles. The minimum absolute atomic E-state index is 0.0138. The molecule has 0 aromatic heterocycles. The summed E-state index contributed by atoms with van der Waals surface area (Å²) in [6.07, 6.45) is 5.42. The first kappa shape index (κ1) is 13.5. The van der Waals surface area contributed by atoms with Gasteiger partial charge in [0.1, 0.15) is 11.5 Å². The highest BCUT2D eigenvalue weighted by atomic mass is 16.6. The summed E-state index contributed by atoms with van der Waals surface area (Å²) in [7, 11) is 0. The molecule has 0 atom stereocenters. The molecule has 1 aromatic rings. The lowest BCUT2D eigenvalue weighted by atomic mass is 10.1. The van der Waals surface area contributed by atoms with Crippen molar-refractivity contribution in [1.29, 1.82) is 0 Å². The van der Waals surface area contributed by atoms with Crippen molar-refractivity contribution < 1.29 is 9.72 Å². The number of nitro groups is 1. The van der Waals surface area contributed by atoms with Crippen molar-refractivity contribution in [3.63, 3.8) is 0 Å². The summed E-state index contributed by atoms with van der Waals surface area (Å²) < 4.78 is 0. The van der Waals surface area contributed by atoms with E-state index < -0.39 is 4.92 Å². The Morgan fingerprint density at radius 3 is 2.86 bits per heavy atom. The predicted octanol–water partition coefficient (Wildman–Crippen LogP) is 2.75. The van der Waals surface area contributed by atoms with Gasteiger partial charge in [0.25, 0.3) is 11.6 Å². The number of carbonyl (C=O) groups excluding carboxylic acids is 1. The molecule has 0 spiro atoms. The molecule has 21 heavy (non-hydrogen) atoms. The van der Waals surface area contributed by atoms with Crippen LogP contribution in [0.15, 0.2) is 35.0 Å². The van der Waals surface area contributed by atoms with Gasteiger partial charge >= 0.3 is 0 Å². The Morgan fingerprint density at radius 2 is 2.05 bits per heavy atom. The number of para-hydroxylation sites is 1. The van der Waals surface area contributed by atoms with Crippen molar-refractivity contribution in [3.05, 3.63) is 45.6 Å². The quantitative estimate of drug-likeness (QED) is 0.476. The minimum atomic E-state index is -0.447. The smallest absolute Gasteiger partial charge is 0.277 e. The standard InChI is InChI=1S/C15H15N3O3/c19-15-12(16-14-8-2-1-5-9-17(14)15)10-11-6-3-4-7-13(11)18(20)21/h3-4,6-7,10H,1-2,5,8-9H2. The lowest BCUT2D eigenvalue weighted by Crippen LogP contribution is -2.31. The maximum atomic E-state index is 12.4. The van der Waals surface area contributed by atoms with Gasteiger partial charge in [-0.1, -0.05) is 18.6 Å². The van der Waals surface area contributed by atoms with E-state index in [1.54, 1.807) is 23.1 Å². The fourth-order valence-corrected chi connectivity index (χ4v) is 2.67. The highest BCUT2D eigenvalue weighted by molar-refractivity contribution is 6.14. The van der Waals surface area contributed by atoms with Crippen molar-refractivity contribution in [1.82, 2.24) is 4.90 Å². The van der Waals surface area contributed by atoms with Crippen LogP contribution in [0.2, 0.25) is 0 Å². The van der Waals surface area contributed by atoms with Gasteiger partial charge in [-0.05, 0) is 25.0 Å². The molecule has 1 fully saturated rings. The average molecular weight is 285 g/mol. The molecule has 1 amide bonds. The number of benzene rings is 1. The molecule has 2 heterocycles. The molecule has 0 N–H and O–H groups in total. The van der Waals surface area contributed by atoms with E-state index in [-0.39, 0.29) is 11.6 Å². The zero-order valence-corrected chi connectivity index (χ0v) is 11.5. The highest BCUT2D eigenvalue weighted by Gasteiger charge is 2.31. The number of hydrogen-bond acceptors (Lipinski definition) is 4. The molecule has 1 aromatic carbocycles. The minimum Gasteiger partial charge on any atom is -0.295 e. The Kier molecular flexibility index (Phi) is 3.51. The second kappa shape index (κ2) is 5.47. The Bertz CT molecular complexity index is 664. The third kappa shape index (κ3) is 2.56. The largest absolute Gasteiger partial charge is 0.295 e. The van der Waals surface area contributed by atoms with Crippen molar-refractivity contribution in [2.45, 2.75) is 25.7 Å². The maximum absolute atomic E-state index is 12.4. The normalized spacial score (nSPS) is 20.2. The Balaban J connectivity index is 1.98. The first-order valence-corrected chi connectivity index (χ1v) is 7.01. The van der Waals surface area contributed by atoms with Crippen molar-refractivity contribution in [2.75, 3.05) is 6.54 Å². The fraction of sp³-hybridized carbons (Fsp3) is 0.333. The summed E-state index contributed by atoms with van der Waals surface area (Å²) in [5, 5.41) is 11.0. The van der Waals surface area contributed by atoms with Gasteiger partial charge in [0.2, 0.25) is 0 Å². The number of rotatable bonds is 2. The molecule has 0 unspecified atom stereocenters. The van der Waals surface area contributed by atoms with Crippen LogP contribution in [0.25, 0.3) is 6.08 Å². The number of carbonyl (C=O) groups is 1. The second-order valence-corrected chi connectivity index (χ2v) is 5.14. The summed E-state index contributed by atoms with van der Waals surface area (Å²) in [5.41, 5.74) is 0.689. The van der Waals surface area contributed by atoms with Crippen molar-refractivity contribution >= 4 is 23.5 Å². The molecule has 2 aliphatic rings. The maximum Gasteiger partial charge on any atom is 0.277 e. The summed E-state index contributed by atoms with van der Waals surface area (Å²) >= 11 is 0. The lowest BCUT2D eigenvalue weighted by molar-refractivity contribution is -0.385. The van der Waals surface area contributed by atoms with Crippen LogP contribution in [-0.2, 0) is 4.79 Å². The molecule has 0 saturated carbocycles. The van der Waals surface area contributed by atoms with Crippen LogP contribution in [-0.4, -0.2) is 28.1 Å². The van der Waals surface area contributed by atoms with E-state index >= 15 is 0 Å². The number of aliphatic imine (C=N–C) groups is 1. The van der Waals surface area contributed by atoms with Gasteiger partial charge in [-0.2, -0.15) is 0 Å². The Morgan fingerprint density at radius 1 is 1.24 bits per heavy atom. The van der Waals surface area contributed by atoms with Crippen molar-refractivity contribution in [3.8, 4) is 0 Å². The van der Waals surface area contributed by atoms with E-state index in [9.17, 15) is 14.9 Å². The number of amidine groups is 1. The van der Waals surface area contributed by atoms with E-state index in [1.807, 2.05) is 0 Å². The van der Waals surface area contributed by atoms with Crippen LogP contribution in [0.5, 0.6) is 0 Å². The van der Waals surface area contributed by atoms with Gasteiger partial charge in [-0.25, -0.2) is 4.99 Å². The number of amides is 1. The Hall–Kier alpha value is -2.50. The molecule has 3 rings (SSSR count). The summed E-state index contributed by atoms with van der Waals surface area (Å²) in [6, 6.07) is 6.37. The number of hydrogen-bond donors (Lipinski definition) is 0. The zero-order chi connectivity index (χ0) is 14.8. The van der Waals surface area contributed by atoms with Crippen LogP contribution < -0.4 is 0 Å². The topological polar surface area (TPSA) is 75.8 Å². The SMILES string of the molecule is O=C1C(=Cc2ccccc2[N+](=O)[O-])N=C2CCCCCN12. The summed E-state index contributed by atoms with van der Waals surface area (Å²) in [4.78, 5) is 29.0. The summed E-state index contributed by atoms with van der Waals surface area (Å²) in [5.74, 6) is 0.646. The van der Waals surface area contributed by atoms with Crippen LogP contribution >= 0.6 is 0 Å². The van der Waals surface area contributed by atoms with E-state index in [4.69, 9.17) is 0 Å². The Labute approximate surface area is 121 Å². The van der Waals surface area contributed by atoms with E-state index in [0.717, 1.165) is 31.5 Å². The van der Waals surface area contributed by atoms with Crippen LogP contribution in [0.3, 0.4) is 0 Å². The zero-order valence-electron chi connectivity index (χ0n) is 11.5. The van der Waals surface area contributed by atoms with E-state index in [2.05, 4.69) is 4.99 Å². The van der Waals surface area contributed by atoms with E-state index in [1.165, 1.54) is 12.1 Å². The summed E-state index contributed by atoms with van der Waals surface area (Å²) in [6.45, 7) is 0.686. The van der Waals surface area contributed by atoms with E-state index in [0.29, 0.717) is 17.8 Å². The van der Waals surface area contributed by atoms with Gasteiger partial charge in [0, 0.05) is 19.0 Å². The lowest BCUT2D eigenvalue weighted by Gasteiger charge is -2.13. The predicted molar refractivity (Wildman–Crippen MR) is 78.7 cm³/mol. The number of nitrogens with zero attached hydrogens (tertiary/aromatic N) is 3. The van der Waals surface area contributed by atoms with Crippen LogP contribution in [0.4, 0.5) is 5.69 Å². The first-order valence-electron chi connectivity index (χ1n) is 7.01. The van der Waals surface area contributed by atoms with Gasteiger partial charge in [0.05, 0.1) is 10.5 Å². The molecule has 6 heteroatoms. The molecule has 6 nitrogen and oxygen atoms in total. The first-order chi connectivity index (χ1) is 10.2. The third-order valence-electron chi connectivity index (χ3n) is 3.73. The van der Waals surface area contributed by atoms with Gasteiger partial charge in [0.15, 0.2) is 0 Å². The third-order valence-corrected chi connectivity index (χ3v) is 3.73. The molecule has 0 radical (unpaired) electrons. The molecule has 108 valence electrons. The molecule has 0 bridgehead atoms. The van der Waals surface area contributed by atoms with Crippen LogP contribution in [0, 0.1) is 10.1 Å². The average Bonchev–Trinajstić information content (AvgIpc) is 2.66. The second-order valence-electron chi connectivity index (χ2n) is 5.14. The van der Waals surface area contributed by atoms with Gasteiger partial charge < -0.3 is 0 Å². The van der Waals surface area contributed by atoms with Gasteiger partial charge in [-0.15, -0.1) is 0 Å².